The highest BCUT2D eigenvalue weighted by molar-refractivity contribution is 6.12. The molecule has 4 aromatic rings. The Morgan fingerprint density at radius 2 is 1.91 bits per heavy atom. The number of methoxy groups -OCH3 is 1. The number of pyridine rings is 1. The van der Waals surface area contributed by atoms with Crippen molar-refractivity contribution >= 4 is 34.2 Å². The van der Waals surface area contributed by atoms with E-state index in [4.69, 9.17) is 9.15 Å². The van der Waals surface area contributed by atoms with E-state index >= 15 is 0 Å². The number of nitrogens with zero attached hydrogens (tertiary/aromatic N) is 3. The molecule has 0 aliphatic rings. The highest BCUT2D eigenvalue weighted by Gasteiger charge is 2.19. The van der Waals surface area contributed by atoms with Gasteiger partial charge in [-0.05, 0) is 50.2 Å². The zero-order chi connectivity index (χ0) is 22.7. The second-order valence-electron chi connectivity index (χ2n) is 7.47. The Kier molecular flexibility index (Phi) is 6.00. The van der Waals surface area contributed by atoms with E-state index in [1.807, 2.05) is 13.8 Å². The van der Waals surface area contributed by atoms with Gasteiger partial charge in [0, 0.05) is 24.5 Å². The lowest BCUT2D eigenvalue weighted by molar-refractivity contribution is -0.119. The molecule has 2 N–H and O–H groups in total. The van der Waals surface area contributed by atoms with Crippen LogP contribution >= 0.6 is 0 Å². The van der Waals surface area contributed by atoms with E-state index < -0.39 is 0 Å². The minimum Gasteiger partial charge on any atom is -0.463 e. The molecule has 0 bridgehead atoms. The number of ether oxygens (including phenoxy) is 1. The average Bonchev–Trinajstić information content (AvgIpc) is 3.43. The van der Waals surface area contributed by atoms with E-state index in [2.05, 4.69) is 20.7 Å². The first kappa shape index (κ1) is 21.3. The molecule has 0 radical (unpaired) electrons. The monoisotopic (exact) mass is 433 g/mol. The number of rotatable bonds is 7. The highest BCUT2D eigenvalue weighted by atomic mass is 16.5. The third kappa shape index (κ3) is 4.37. The van der Waals surface area contributed by atoms with Crippen molar-refractivity contribution in [3.63, 3.8) is 0 Å². The van der Waals surface area contributed by atoms with E-state index in [-0.39, 0.29) is 24.5 Å². The summed E-state index contributed by atoms with van der Waals surface area (Å²) >= 11 is 0. The first-order valence-corrected chi connectivity index (χ1v) is 10.1. The Bertz CT molecular complexity index is 1260. The summed E-state index contributed by atoms with van der Waals surface area (Å²) in [5, 5.41) is 10.7. The Morgan fingerprint density at radius 1 is 1.12 bits per heavy atom. The lowest BCUT2D eigenvalue weighted by atomic mass is 10.1. The normalized spacial score (nSPS) is 11.1. The SMILES string of the molecule is COCC(=O)Nc1cccc(NC(=O)c2cc(-c3ccco3)nc3c2cnn3C(C)C)c1. The van der Waals surface area contributed by atoms with Crippen molar-refractivity contribution in [1.82, 2.24) is 14.8 Å². The van der Waals surface area contributed by atoms with Crippen LogP contribution in [0.4, 0.5) is 11.4 Å². The van der Waals surface area contributed by atoms with Crippen molar-refractivity contribution in [2.75, 3.05) is 24.4 Å². The Morgan fingerprint density at radius 3 is 2.59 bits per heavy atom. The van der Waals surface area contributed by atoms with Crippen molar-refractivity contribution in [3.8, 4) is 11.5 Å². The van der Waals surface area contributed by atoms with Crippen molar-refractivity contribution in [2.45, 2.75) is 19.9 Å². The number of hydrogen-bond acceptors (Lipinski definition) is 6. The molecular formula is C23H23N5O4. The zero-order valence-corrected chi connectivity index (χ0v) is 18.0. The predicted octanol–water partition coefficient (Wildman–Crippen LogP) is 4.11. The van der Waals surface area contributed by atoms with Crippen LogP contribution in [0.3, 0.4) is 0 Å². The van der Waals surface area contributed by atoms with Crippen molar-refractivity contribution in [1.29, 1.82) is 0 Å². The van der Waals surface area contributed by atoms with Gasteiger partial charge >= 0.3 is 0 Å². The van der Waals surface area contributed by atoms with Gasteiger partial charge in [0.1, 0.15) is 12.3 Å². The molecule has 3 heterocycles. The molecule has 0 fully saturated rings. The zero-order valence-electron chi connectivity index (χ0n) is 18.0. The third-order valence-electron chi connectivity index (χ3n) is 4.75. The fourth-order valence-corrected chi connectivity index (χ4v) is 3.34. The number of nitrogens with one attached hydrogen (secondary N) is 2. The van der Waals surface area contributed by atoms with Crippen LogP contribution in [0.1, 0.15) is 30.2 Å². The molecule has 9 nitrogen and oxygen atoms in total. The molecule has 4 rings (SSSR count). The van der Waals surface area contributed by atoms with Gasteiger partial charge in [-0.25, -0.2) is 9.67 Å². The van der Waals surface area contributed by atoms with Crippen LogP contribution in [0, 0.1) is 0 Å². The number of furan rings is 1. The van der Waals surface area contributed by atoms with E-state index in [9.17, 15) is 9.59 Å². The number of benzene rings is 1. The molecule has 3 aromatic heterocycles. The smallest absolute Gasteiger partial charge is 0.256 e. The number of anilines is 2. The molecule has 0 spiro atoms. The van der Waals surface area contributed by atoms with Gasteiger partial charge in [-0.1, -0.05) is 6.07 Å². The first-order valence-electron chi connectivity index (χ1n) is 10.1. The maximum absolute atomic E-state index is 13.3. The number of carbonyl (C=O) groups is 2. The highest BCUT2D eigenvalue weighted by Crippen LogP contribution is 2.27. The molecule has 0 aliphatic carbocycles. The van der Waals surface area contributed by atoms with Gasteiger partial charge in [0.15, 0.2) is 11.4 Å². The minimum absolute atomic E-state index is 0.0546. The molecule has 1 aromatic carbocycles. The summed E-state index contributed by atoms with van der Waals surface area (Å²) in [6.07, 6.45) is 3.20. The summed E-state index contributed by atoms with van der Waals surface area (Å²) in [4.78, 5) is 29.7. The summed E-state index contributed by atoms with van der Waals surface area (Å²) in [5.74, 6) is -0.0507. The topological polar surface area (TPSA) is 111 Å². The number of amides is 2. The van der Waals surface area contributed by atoms with Gasteiger partial charge in [0.25, 0.3) is 5.91 Å². The molecule has 164 valence electrons. The third-order valence-corrected chi connectivity index (χ3v) is 4.75. The lowest BCUT2D eigenvalue weighted by Gasteiger charge is -2.11. The molecule has 32 heavy (non-hydrogen) atoms. The van der Waals surface area contributed by atoms with Crippen molar-refractivity contribution < 1.29 is 18.7 Å². The standard InChI is InChI=1S/C23H23N5O4/c1-14(2)28-22-18(12-24-28)17(11-19(27-22)20-8-5-9-32-20)23(30)26-16-7-4-6-15(10-16)25-21(29)13-31-3/h4-12,14H,13H2,1-3H3,(H,25,29)(H,26,30). The molecule has 9 heteroatoms. The fourth-order valence-electron chi connectivity index (χ4n) is 3.34. The minimum atomic E-state index is -0.325. The van der Waals surface area contributed by atoms with E-state index in [0.29, 0.717) is 39.4 Å². The maximum Gasteiger partial charge on any atom is 0.256 e. The van der Waals surface area contributed by atoms with Crippen LogP contribution in [-0.2, 0) is 9.53 Å². The number of carbonyl (C=O) groups excluding carboxylic acids is 2. The summed E-state index contributed by atoms with van der Waals surface area (Å²) in [6, 6.07) is 12.2. The summed E-state index contributed by atoms with van der Waals surface area (Å²) in [7, 11) is 1.45. The van der Waals surface area contributed by atoms with E-state index in [0.717, 1.165) is 0 Å². The van der Waals surface area contributed by atoms with Gasteiger partial charge in [-0.3, -0.25) is 9.59 Å². The van der Waals surface area contributed by atoms with Gasteiger partial charge in [-0.2, -0.15) is 5.10 Å². The molecule has 2 amide bonds. The van der Waals surface area contributed by atoms with Crippen molar-refractivity contribution in [2.24, 2.45) is 0 Å². The second kappa shape index (κ2) is 9.03. The van der Waals surface area contributed by atoms with Crippen LogP contribution in [-0.4, -0.2) is 40.3 Å². The van der Waals surface area contributed by atoms with Gasteiger partial charge < -0.3 is 19.8 Å². The van der Waals surface area contributed by atoms with Crippen LogP contribution in [0.25, 0.3) is 22.5 Å². The van der Waals surface area contributed by atoms with Crippen LogP contribution in [0.15, 0.2) is 59.3 Å². The van der Waals surface area contributed by atoms with Crippen LogP contribution in [0.2, 0.25) is 0 Å². The maximum atomic E-state index is 13.3. The lowest BCUT2D eigenvalue weighted by Crippen LogP contribution is -2.17. The number of hydrogen-bond donors (Lipinski definition) is 2. The van der Waals surface area contributed by atoms with Crippen LogP contribution < -0.4 is 10.6 Å². The number of fused-ring (bicyclic) bond motifs is 1. The molecule has 0 aliphatic heterocycles. The molecule has 0 saturated heterocycles. The summed E-state index contributed by atoms with van der Waals surface area (Å²) in [6.45, 7) is 3.94. The quantitative estimate of drug-likeness (QED) is 0.454. The largest absolute Gasteiger partial charge is 0.463 e. The van der Waals surface area contributed by atoms with E-state index in [1.54, 1.807) is 59.6 Å². The summed E-state index contributed by atoms with van der Waals surface area (Å²) in [5.41, 5.74) is 2.64. The van der Waals surface area contributed by atoms with Gasteiger partial charge in [0.2, 0.25) is 5.91 Å². The molecular weight excluding hydrogens is 410 g/mol. The number of aromatic nitrogens is 3. The molecule has 0 atom stereocenters. The van der Waals surface area contributed by atoms with E-state index in [1.165, 1.54) is 7.11 Å². The Labute approximate surface area is 184 Å². The molecule has 0 unspecified atom stereocenters. The van der Waals surface area contributed by atoms with Gasteiger partial charge in [0.05, 0.1) is 23.4 Å². The fraction of sp³-hybridized carbons (Fsp3) is 0.217. The Hall–Kier alpha value is -3.98. The molecule has 0 saturated carbocycles. The second-order valence-corrected chi connectivity index (χ2v) is 7.47. The van der Waals surface area contributed by atoms with Gasteiger partial charge in [-0.15, -0.1) is 0 Å². The van der Waals surface area contributed by atoms with Crippen molar-refractivity contribution in [3.05, 3.63) is 60.5 Å². The Balaban J connectivity index is 1.69. The van der Waals surface area contributed by atoms with Crippen LogP contribution in [0.5, 0.6) is 0 Å². The predicted molar refractivity (Wildman–Crippen MR) is 121 cm³/mol. The first-order chi connectivity index (χ1) is 15.5. The average molecular weight is 433 g/mol. The summed E-state index contributed by atoms with van der Waals surface area (Å²) < 4.78 is 12.1.